The lowest BCUT2D eigenvalue weighted by Gasteiger charge is -2.20. The Labute approximate surface area is 181 Å². The van der Waals surface area contributed by atoms with Crippen LogP contribution in [0.1, 0.15) is 39.2 Å². The van der Waals surface area contributed by atoms with E-state index in [0.717, 1.165) is 11.1 Å². The van der Waals surface area contributed by atoms with E-state index in [4.69, 9.17) is 11.6 Å². The van der Waals surface area contributed by atoms with Gasteiger partial charge < -0.3 is 4.57 Å². The van der Waals surface area contributed by atoms with Gasteiger partial charge in [-0.2, -0.15) is 0 Å². The van der Waals surface area contributed by atoms with Crippen LogP contribution in [-0.4, -0.2) is 23.2 Å². The number of hydrogen-bond donors (Lipinski definition) is 1. The number of sulfonamides is 1. The van der Waals surface area contributed by atoms with Crippen molar-refractivity contribution in [1.29, 1.82) is 0 Å². The van der Waals surface area contributed by atoms with Gasteiger partial charge in [0.1, 0.15) is 5.82 Å². The highest BCUT2D eigenvalue weighted by Gasteiger charge is 2.35. The second-order valence-electron chi connectivity index (χ2n) is 9.11. The zero-order valence-corrected chi connectivity index (χ0v) is 18.8. The van der Waals surface area contributed by atoms with Crippen LogP contribution in [0.2, 0.25) is 5.02 Å². The molecule has 0 unspecified atom stereocenters. The number of hydrogen-bond acceptors (Lipinski definition) is 3. The molecule has 30 heavy (non-hydrogen) atoms. The monoisotopic (exact) mass is 449 g/mol. The first-order chi connectivity index (χ1) is 14.0. The molecule has 1 fully saturated rings. The summed E-state index contributed by atoms with van der Waals surface area (Å²) in [7, 11) is -3.32. The molecule has 8 heteroatoms. The molecule has 1 aliphatic carbocycles. The highest BCUT2D eigenvalue weighted by molar-refractivity contribution is 7.90. The van der Waals surface area contributed by atoms with Crippen molar-refractivity contribution in [2.75, 3.05) is 0 Å². The van der Waals surface area contributed by atoms with Crippen LogP contribution in [0.5, 0.6) is 0 Å². The number of fused-ring (bicyclic) bond motifs is 1. The summed E-state index contributed by atoms with van der Waals surface area (Å²) >= 11 is 6.26. The molecule has 0 radical (unpaired) electrons. The van der Waals surface area contributed by atoms with Crippen LogP contribution in [0.3, 0.4) is 0 Å². The molecule has 1 aromatic carbocycles. The van der Waals surface area contributed by atoms with Gasteiger partial charge in [0.15, 0.2) is 0 Å². The van der Waals surface area contributed by atoms with Gasteiger partial charge in [0, 0.05) is 53.7 Å². The standard InChI is InChI=1S/C22H25ClFN3O2S/c1-22(2,3)13-27-12-14(10-26-30(28,29)15-4-5-15)17-8-20(24)18(9-21(17)27)16-6-7-25-11-19(16)23/h6-9,11-12,15,26H,4-5,10,13H2,1-3H3. The van der Waals surface area contributed by atoms with Crippen molar-refractivity contribution in [3.05, 3.63) is 53.2 Å². The number of nitrogens with zero attached hydrogens (tertiary/aromatic N) is 2. The highest BCUT2D eigenvalue weighted by Crippen LogP contribution is 2.35. The van der Waals surface area contributed by atoms with Crippen molar-refractivity contribution >= 4 is 32.5 Å². The molecule has 0 aliphatic heterocycles. The molecule has 2 aromatic heterocycles. The van der Waals surface area contributed by atoms with E-state index in [1.54, 1.807) is 18.3 Å². The molecule has 5 nitrogen and oxygen atoms in total. The Morgan fingerprint density at radius 2 is 2.00 bits per heavy atom. The first-order valence-corrected chi connectivity index (χ1v) is 11.9. The van der Waals surface area contributed by atoms with E-state index in [9.17, 15) is 8.42 Å². The zero-order chi connectivity index (χ0) is 21.7. The second-order valence-corrected chi connectivity index (χ2v) is 11.6. The van der Waals surface area contributed by atoms with Crippen molar-refractivity contribution in [2.24, 2.45) is 5.41 Å². The third-order valence-corrected chi connectivity index (χ3v) is 7.38. The van der Waals surface area contributed by atoms with E-state index >= 15 is 4.39 Å². The Morgan fingerprint density at radius 3 is 2.63 bits per heavy atom. The summed E-state index contributed by atoms with van der Waals surface area (Å²) in [5, 5.41) is 0.781. The molecule has 0 spiro atoms. The Bertz CT molecular complexity index is 1210. The van der Waals surface area contributed by atoms with Crippen LogP contribution in [-0.2, 0) is 23.1 Å². The first-order valence-electron chi connectivity index (χ1n) is 9.95. The third kappa shape index (κ3) is 4.38. The largest absolute Gasteiger partial charge is 0.347 e. The average molecular weight is 450 g/mol. The molecule has 4 rings (SSSR count). The van der Waals surface area contributed by atoms with E-state index in [-0.39, 0.29) is 17.2 Å². The summed E-state index contributed by atoms with van der Waals surface area (Å²) in [5.74, 6) is -0.407. The number of pyridine rings is 1. The van der Waals surface area contributed by atoms with E-state index in [2.05, 4.69) is 35.0 Å². The summed E-state index contributed by atoms with van der Waals surface area (Å²) in [4.78, 5) is 3.97. The maximum Gasteiger partial charge on any atom is 0.214 e. The fourth-order valence-electron chi connectivity index (χ4n) is 3.64. The van der Waals surface area contributed by atoms with Crippen molar-refractivity contribution in [1.82, 2.24) is 14.3 Å². The second kappa shape index (κ2) is 7.62. The first kappa shape index (κ1) is 21.3. The average Bonchev–Trinajstić information content (AvgIpc) is 3.46. The molecular formula is C22H25ClFN3O2S. The number of nitrogens with one attached hydrogen (secondary N) is 1. The van der Waals surface area contributed by atoms with E-state index in [0.29, 0.717) is 40.9 Å². The predicted octanol–water partition coefficient (Wildman–Crippen LogP) is 5.12. The summed E-state index contributed by atoms with van der Waals surface area (Å²) < 4.78 is 44.4. The SMILES string of the molecule is CC(C)(C)Cn1cc(CNS(=O)(=O)C2CC2)c2cc(F)c(-c3ccncc3Cl)cc21. The lowest BCUT2D eigenvalue weighted by molar-refractivity contribution is 0.349. The molecule has 1 saturated carbocycles. The number of rotatable bonds is 6. The van der Waals surface area contributed by atoms with Crippen LogP contribution in [0.4, 0.5) is 4.39 Å². The van der Waals surface area contributed by atoms with Gasteiger partial charge >= 0.3 is 0 Å². The number of halogens is 2. The van der Waals surface area contributed by atoms with Gasteiger partial charge in [0.05, 0.1) is 10.3 Å². The van der Waals surface area contributed by atoms with Gasteiger partial charge in [-0.1, -0.05) is 32.4 Å². The number of benzene rings is 1. The topological polar surface area (TPSA) is 64.0 Å². The van der Waals surface area contributed by atoms with Gasteiger partial charge in [-0.05, 0) is 42.0 Å². The molecule has 2 heterocycles. The van der Waals surface area contributed by atoms with Gasteiger partial charge in [0.2, 0.25) is 10.0 Å². The van der Waals surface area contributed by atoms with Crippen LogP contribution in [0.25, 0.3) is 22.0 Å². The van der Waals surface area contributed by atoms with Crippen LogP contribution in [0, 0.1) is 11.2 Å². The van der Waals surface area contributed by atoms with Crippen molar-refractivity contribution in [2.45, 2.75) is 52.0 Å². The summed E-state index contributed by atoms with van der Waals surface area (Å²) in [5.41, 5.74) is 2.55. The number of aromatic nitrogens is 2. The lowest BCUT2D eigenvalue weighted by atomic mass is 9.96. The van der Waals surface area contributed by atoms with Crippen molar-refractivity contribution in [3.8, 4) is 11.1 Å². The molecule has 1 aliphatic rings. The lowest BCUT2D eigenvalue weighted by Crippen LogP contribution is -2.26. The van der Waals surface area contributed by atoms with Gasteiger partial charge in [-0.15, -0.1) is 0 Å². The highest BCUT2D eigenvalue weighted by atomic mass is 35.5. The molecule has 160 valence electrons. The van der Waals surface area contributed by atoms with E-state index in [1.807, 2.05) is 6.20 Å². The molecule has 3 aromatic rings. The molecule has 0 atom stereocenters. The minimum atomic E-state index is -3.32. The van der Waals surface area contributed by atoms with Crippen molar-refractivity contribution < 1.29 is 12.8 Å². The Morgan fingerprint density at radius 1 is 1.27 bits per heavy atom. The van der Waals surface area contributed by atoms with E-state index in [1.165, 1.54) is 12.3 Å². The zero-order valence-electron chi connectivity index (χ0n) is 17.2. The summed E-state index contributed by atoms with van der Waals surface area (Å²) in [6.07, 6.45) is 6.39. The minimum Gasteiger partial charge on any atom is -0.347 e. The van der Waals surface area contributed by atoms with Gasteiger partial charge in [0.25, 0.3) is 0 Å². The third-order valence-electron chi connectivity index (χ3n) is 5.19. The quantitative estimate of drug-likeness (QED) is 0.567. The molecule has 0 amide bonds. The Kier molecular flexibility index (Phi) is 5.41. The fraction of sp³-hybridized carbons (Fsp3) is 0.409. The fourth-order valence-corrected chi connectivity index (χ4v) is 5.21. The molecule has 0 saturated heterocycles. The minimum absolute atomic E-state index is 0.0143. The van der Waals surface area contributed by atoms with Gasteiger partial charge in [-0.3, -0.25) is 4.98 Å². The maximum absolute atomic E-state index is 15.1. The normalized spacial score (nSPS) is 15.1. The Hall–Kier alpha value is -1.96. The molecule has 0 bridgehead atoms. The summed E-state index contributed by atoms with van der Waals surface area (Å²) in [6.45, 7) is 7.21. The molecular weight excluding hydrogens is 425 g/mol. The Balaban J connectivity index is 1.81. The van der Waals surface area contributed by atoms with Crippen LogP contribution in [0.15, 0.2) is 36.8 Å². The van der Waals surface area contributed by atoms with Crippen LogP contribution >= 0.6 is 11.6 Å². The smallest absolute Gasteiger partial charge is 0.214 e. The predicted molar refractivity (Wildman–Crippen MR) is 118 cm³/mol. The van der Waals surface area contributed by atoms with Crippen LogP contribution < -0.4 is 4.72 Å². The summed E-state index contributed by atoms with van der Waals surface area (Å²) in [6, 6.07) is 4.95. The molecule has 1 N–H and O–H groups in total. The van der Waals surface area contributed by atoms with Crippen molar-refractivity contribution in [3.63, 3.8) is 0 Å². The van der Waals surface area contributed by atoms with Gasteiger partial charge in [-0.25, -0.2) is 17.5 Å². The maximum atomic E-state index is 15.1. The van der Waals surface area contributed by atoms with E-state index < -0.39 is 15.8 Å².